The van der Waals surface area contributed by atoms with E-state index < -0.39 is 0 Å². The van der Waals surface area contributed by atoms with Crippen molar-refractivity contribution >= 4 is 0 Å². The largest absolute Gasteiger partial charge is 0.303 e. The van der Waals surface area contributed by atoms with E-state index in [1.807, 2.05) is 0 Å². The van der Waals surface area contributed by atoms with Crippen LogP contribution < -0.4 is 0 Å². The van der Waals surface area contributed by atoms with Gasteiger partial charge in [0.2, 0.25) is 0 Å². The predicted octanol–water partition coefficient (Wildman–Crippen LogP) is 3.44. The lowest BCUT2D eigenvalue weighted by Gasteiger charge is -2.32. The van der Waals surface area contributed by atoms with E-state index in [0.29, 0.717) is 5.92 Å². The zero-order chi connectivity index (χ0) is 11.8. The van der Waals surface area contributed by atoms with Crippen molar-refractivity contribution in [3.63, 3.8) is 0 Å². The van der Waals surface area contributed by atoms with Crippen molar-refractivity contribution in [1.82, 2.24) is 4.90 Å². The molecule has 0 aromatic rings. The van der Waals surface area contributed by atoms with E-state index in [-0.39, 0.29) is 0 Å². The molecular formula is C14H26N2. The Labute approximate surface area is 101 Å². The molecule has 0 aromatic carbocycles. The van der Waals surface area contributed by atoms with Crippen LogP contribution in [-0.4, -0.2) is 24.5 Å². The third kappa shape index (κ3) is 4.53. The summed E-state index contributed by atoms with van der Waals surface area (Å²) in [5.74, 6) is 1.20. The Morgan fingerprint density at radius 2 is 2.00 bits per heavy atom. The van der Waals surface area contributed by atoms with Crippen molar-refractivity contribution in [2.24, 2.45) is 11.8 Å². The second-order valence-electron chi connectivity index (χ2n) is 5.12. The van der Waals surface area contributed by atoms with Crippen molar-refractivity contribution in [1.29, 1.82) is 5.26 Å². The third-order valence-electron chi connectivity index (χ3n) is 3.83. The van der Waals surface area contributed by atoms with Crippen molar-refractivity contribution in [2.45, 2.75) is 52.4 Å². The molecule has 1 heterocycles. The van der Waals surface area contributed by atoms with Gasteiger partial charge in [0.15, 0.2) is 0 Å². The number of nitrogens with zero attached hydrogens (tertiary/aromatic N) is 2. The molecule has 1 aliphatic rings. The molecular weight excluding hydrogens is 196 g/mol. The molecule has 2 nitrogen and oxygen atoms in total. The fraction of sp³-hybridized carbons (Fsp3) is 0.929. The van der Waals surface area contributed by atoms with Gasteiger partial charge in [-0.25, -0.2) is 0 Å². The van der Waals surface area contributed by atoms with Gasteiger partial charge >= 0.3 is 0 Å². The monoisotopic (exact) mass is 222 g/mol. The lowest BCUT2D eigenvalue weighted by Crippen LogP contribution is -2.36. The highest BCUT2D eigenvalue weighted by molar-refractivity contribution is 4.87. The van der Waals surface area contributed by atoms with Crippen molar-refractivity contribution < 1.29 is 0 Å². The van der Waals surface area contributed by atoms with Crippen LogP contribution in [0.1, 0.15) is 52.4 Å². The van der Waals surface area contributed by atoms with Gasteiger partial charge in [-0.15, -0.1) is 0 Å². The summed E-state index contributed by atoms with van der Waals surface area (Å²) in [5, 5.41) is 8.85. The molecule has 1 unspecified atom stereocenters. The molecule has 2 heteroatoms. The van der Waals surface area contributed by atoms with Crippen molar-refractivity contribution in [3.05, 3.63) is 0 Å². The number of piperidine rings is 1. The highest BCUT2D eigenvalue weighted by atomic mass is 15.1. The Kier molecular flexibility index (Phi) is 6.49. The number of nitriles is 1. The maximum Gasteiger partial charge on any atom is 0.0656 e. The smallest absolute Gasteiger partial charge is 0.0656 e. The number of rotatable bonds is 6. The molecule has 0 aromatic heterocycles. The molecule has 0 spiro atoms. The fourth-order valence-corrected chi connectivity index (χ4v) is 2.53. The van der Waals surface area contributed by atoms with Gasteiger partial charge in [0.05, 0.1) is 6.07 Å². The van der Waals surface area contributed by atoms with Crippen LogP contribution in [-0.2, 0) is 0 Å². The van der Waals surface area contributed by atoms with Gasteiger partial charge in [0.1, 0.15) is 0 Å². The van der Waals surface area contributed by atoms with Crippen molar-refractivity contribution in [2.75, 3.05) is 19.6 Å². The summed E-state index contributed by atoms with van der Waals surface area (Å²) in [6.07, 6.45) is 7.53. The first-order valence-corrected chi connectivity index (χ1v) is 6.92. The van der Waals surface area contributed by atoms with E-state index >= 15 is 0 Å². The molecule has 92 valence electrons. The molecule has 16 heavy (non-hydrogen) atoms. The van der Waals surface area contributed by atoms with Gasteiger partial charge in [-0.05, 0) is 38.3 Å². The van der Waals surface area contributed by atoms with E-state index in [4.69, 9.17) is 5.26 Å². The predicted molar refractivity (Wildman–Crippen MR) is 68.1 cm³/mol. The average molecular weight is 222 g/mol. The van der Waals surface area contributed by atoms with Crippen LogP contribution in [0.5, 0.6) is 0 Å². The summed E-state index contributed by atoms with van der Waals surface area (Å²) in [7, 11) is 0. The Hall–Kier alpha value is -0.550. The fourth-order valence-electron chi connectivity index (χ4n) is 2.53. The standard InChI is InChI=1S/C14H26N2/c1-3-5-6-13(4-2)12-16-9-7-14(11-15)8-10-16/h13-14H,3-10,12H2,1-2H3. The van der Waals surface area contributed by atoms with E-state index in [2.05, 4.69) is 24.8 Å². The Morgan fingerprint density at radius 3 is 2.50 bits per heavy atom. The number of likely N-dealkylation sites (tertiary alicyclic amines) is 1. The van der Waals surface area contributed by atoms with E-state index in [0.717, 1.165) is 31.8 Å². The Balaban J connectivity index is 2.23. The summed E-state index contributed by atoms with van der Waals surface area (Å²) < 4.78 is 0. The molecule has 1 rings (SSSR count). The summed E-state index contributed by atoms with van der Waals surface area (Å²) in [4.78, 5) is 2.57. The topological polar surface area (TPSA) is 27.0 Å². The van der Waals surface area contributed by atoms with Gasteiger partial charge in [-0.1, -0.05) is 33.1 Å². The SMILES string of the molecule is CCCCC(CC)CN1CCC(C#N)CC1. The van der Waals surface area contributed by atoms with E-state index in [1.54, 1.807) is 0 Å². The van der Waals surface area contributed by atoms with Crippen LogP contribution in [0.15, 0.2) is 0 Å². The first kappa shape index (κ1) is 13.5. The summed E-state index contributed by atoms with van der Waals surface area (Å²) >= 11 is 0. The van der Waals surface area contributed by atoms with E-state index in [9.17, 15) is 0 Å². The number of unbranched alkanes of at least 4 members (excludes halogenated alkanes) is 1. The lowest BCUT2D eigenvalue weighted by atomic mass is 9.95. The lowest BCUT2D eigenvalue weighted by molar-refractivity contribution is 0.170. The van der Waals surface area contributed by atoms with Gasteiger partial charge in [0, 0.05) is 12.5 Å². The summed E-state index contributed by atoms with van der Waals surface area (Å²) in [6, 6.07) is 2.40. The molecule has 1 atom stereocenters. The van der Waals surface area contributed by atoms with Gasteiger partial charge in [-0.2, -0.15) is 5.26 Å². The second kappa shape index (κ2) is 7.68. The van der Waals surface area contributed by atoms with Crippen LogP contribution in [0.4, 0.5) is 0 Å². The third-order valence-corrected chi connectivity index (χ3v) is 3.83. The molecule has 0 amide bonds. The molecule has 1 fully saturated rings. The van der Waals surface area contributed by atoms with Crippen LogP contribution in [0, 0.1) is 23.2 Å². The van der Waals surface area contributed by atoms with Crippen LogP contribution in [0.3, 0.4) is 0 Å². The molecule has 1 saturated heterocycles. The van der Waals surface area contributed by atoms with Crippen LogP contribution >= 0.6 is 0 Å². The maximum absolute atomic E-state index is 8.85. The van der Waals surface area contributed by atoms with Gasteiger partial charge in [-0.3, -0.25) is 0 Å². The number of hydrogen-bond acceptors (Lipinski definition) is 2. The quantitative estimate of drug-likeness (QED) is 0.688. The molecule has 0 saturated carbocycles. The highest BCUT2D eigenvalue weighted by Crippen LogP contribution is 2.20. The average Bonchev–Trinajstić information content (AvgIpc) is 2.35. The summed E-state index contributed by atoms with van der Waals surface area (Å²) in [6.45, 7) is 8.11. The maximum atomic E-state index is 8.85. The number of hydrogen-bond donors (Lipinski definition) is 0. The molecule has 1 aliphatic heterocycles. The van der Waals surface area contributed by atoms with Gasteiger partial charge < -0.3 is 4.90 Å². The molecule has 0 radical (unpaired) electrons. The van der Waals surface area contributed by atoms with Crippen molar-refractivity contribution in [3.8, 4) is 6.07 Å². The highest BCUT2D eigenvalue weighted by Gasteiger charge is 2.20. The molecule has 0 N–H and O–H groups in total. The zero-order valence-electron chi connectivity index (χ0n) is 10.9. The first-order chi connectivity index (χ1) is 7.80. The Morgan fingerprint density at radius 1 is 1.31 bits per heavy atom. The van der Waals surface area contributed by atoms with Gasteiger partial charge in [0.25, 0.3) is 0 Å². The van der Waals surface area contributed by atoms with Crippen LogP contribution in [0.25, 0.3) is 0 Å². The summed E-state index contributed by atoms with van der Waals surface area (Å²) in [5.41, 5.74) is 0. The molecule has 0 aliphatic carbocycles. The Bertz CT molecular complexity index is 211. The minimum absolute atomic E-state index is 0.326. The van der Waals surface area contributed by atoms with Crippen LogP contribution in [0.2, 0.25) is 0 Å². The minimum atomic E-state index is 0.326. The minimum Gasteiger partial charge on any atom is -0.303 e. The van der Waals surface area contributed by atoms with E-state index in [1.165, 1.54) is 32.2 Å². The second-order valence-corrected chi connectivity index (χ2v) is 5.12. The first-order valence-electron chi connectivity index (χ1n) is 6.92. The normalized spacial score (nSPS) is 20.6. The molecule has 0 bridgehead atoms. The zero-order valence-corrected chi connectivity index (χ0v) is 10.9.